The summed E-state index contributed by atoms with van der Waals surface area (Å²) >= 11 is 0. The first kappa shape index (κ1) is 35.9. The number of carbonyl (C=O) groups is 2. The van der Waals surface area contributed by atoms with Crippen molar-refractivity contribution in [2.75, 3.05) is 0 Å². The zero-order chi connectivity index (χ0) is 32.7. The van der Waals surface area contributed by atoms with Gasteiger partial charge in [0.25, 0.3) is 0 Å². The number of rotatable bonds is 19. The summed E-state index contributed by atoms with van der Waals surface area (Å²) in [7, 11) is 0. The van der Waals surface area contributed by atoms with Gasteiger partial charge in [0.1, 0.15) is 0 Å². The predicted molar refractivity (Wildman–Crippen MR) is 175 cm³/mol. The number of alkyl halides is 3. The molecule has 0 fully saturated rings. The van der Waals surface area contributed by atoms with Gasteiger partial charge >= 0.3 is 18.1 Å². The lowest BCUT2D eigenvalue weighted by molar-refractivity contribution is -0.206. The first-order chi connectivity index (χ1) is 21.6. The molecule has 1 unspecified atom stereocenters. The molecule has 0 aliphatic carbocycles. The van der Waals surface area contributed by atoms with Gasteiger partial charge in [-0.15, -0.1) is 0 Å². The SMILES string of the molecule is CCCCCCCCCCc1ccc(-c2ccc(C(=O)O)cc2)c(-c2ccc(C(=O)OC(CCCCCC)C(F)(F)F)cc2)c1. The number of aryl methyl sites for hydroxylation is 1. The van der Waals surface area contributed by atoms with E-state index in [2.05, 4.69) is 19.1 Å². The van der Waals surface area contributed by atoms with Crippen LogP contribution in [-0.2, 0) is 11.2 Å². The second kappa shape index (κ2) is 18.4. The summed E-state index contributed by atoms with van der Waals surface area (Å²) in [6, 6.07) is 19.4. The standard InChI is InChI=1S/C38H47F3O4/c1-3-5-7-9-10-11-12-13-15-28-17-26-33(29-18-22-31(23-19-29)36(42)43)34(27-28)30-20-24-32(25-21-30)37(44)45-35(38(39,40)41)16-14-8-6-4-2/h17-27,35H,3-16H2,1-2H3,(H,42,43). The molecule has 7 heteroatoms. The topological polar surface area (TPSA) is 63.6 Å². The Kier molecular flexibility index (Phi) is 14.6. The molecule has 3 aromatic rings. The fourth-order valence-electron chi connectivity index (χ4n) is 5.52. The van der Waals surface area contributed by atoms with Crippen LogP contribution in [0.1, 0.15) is 124 Å². The highest BCUT2D eigenvalue weighted by molar-refractivity contribution is 5.92. The van der Waals surface area contributed by atoms with E-state index in [4.69, 9.17) is 4.74 Å². The number of halogens is 3. The molecule has 244 valence electrons. The summed E-state index contributed by atoms with van der Waals surface area (Å²) in [5, 5.41) is 9.32. The van der Waals surface area contributed by atoms with Gasteiger partial charge in [-0.3, -0.25) is 0 Å². The van der Waals surface area contributed by atoms with Crippen LogP contribution in [0.4, 0.5) is 13.2 Å². The van der Waals surface area contributed by atoms with Crippen molar-refractivity contribution in [3.05, 3.63) is 83.4 Å². The van der Waals surface area contributed by atoms with Gasteiger partial charge < -0.3 is 9.84 Å². The quantitative estimate of drug-likeness (QED) is 0.106. The molecular formula is C38H47F3O4. The zero-order valence-electron chi connectivity index (χ0n) is 26.6. The highest BCUT2D eigenvalue weighted by Gasteiger charge is 2.42. The second-order valence-corrected chi connectivity index (χ2v) is 11.8. The van der Waals surface area contributed by atoms with E-state index >= 15 is 0 Å². The lowest BCUT2D eigenvalue weighted by atomic mass is 9.91. The number of hydrogen-bond donors (Lipinski definition) is 1. The summed E-state index contributed by atoms with van der Waals surface area (Å²) in [6.07, 6.45) is 6.50. The Morgan fingerprint density at radius 2 is 1.18 bits per heavy atom. The molecule has 45 heavy (non-hydrogen) atoms. The summed E-state index contributed by atoms with van der Waals surface area (Å²) in [5.41, 5.74) is 4.86. The van der Waals surface area contributed by atoms with E-state index in [9.17, 15) is 27.9 Å². The fraction of sp³-hybridized carbons (Fsp3) is 0.474. The summed E-state index contributed by atoms with van der Waals surface area (Å²) in [5.74, 6) is -1.99. The molecule has 3 rings (SSSR count). The number of carboxylic acid groups (broad SMARTS) is 1. The zero-order valence-corrected chi connectivity index (χ0v) is 26.6. The maximum atomic E-state index is 13.6. The van der Waals surface area contributed by atoms with E-state index in [1.807, 2.05) is 13.0 Å². The number of carbonyl (C=O) groups excluding carboxylic acids is 1. The smallest absolute Gasteiger partial charge is 0.425 e. The molecule has 1 atom stereocenters. The van der Waals surface area contributed by atoms with Gasteiger partial charge in [0.2, 0.25) is 0 Å². The van der Waals surface area contributed by atoms with Crippen molar-refractivity contribution in [2.24, 2.45) is 0 Å². The van der Waals surface area contributed by atoms with Gasteiger partial charge in [0.05, 0.1) is 11.1 Å². The molecule has 0 aliphatic heterocycles. The molecule has 0 amide bonds. The Bertz CT molecular complexity index is 1330. The van der Waals surface area contributed by atoms with Crippen LogP contribution in [-0.4, -0.2) is 29.3 Å². The predicted octanol–water partition coefficient (Wildman–Crippen LogP) is 11.5. The Balaban J connectivity index is 1.79. The average molecular weight is 625 g/mol. The minimum Gasteiger partial charge on any atom is -0.478 e. The first-order valence-corrected chi connectivity index (χ1v) is 16.5. The van der Waals surface area contributed by atoms with Crippen molar-refractivity contribution < 1.29 is 32.6 Å². The third kappa shape index (κ3) is 11.7. The van der Waals surface area contributed by atoms with Gasteiger partial charge in [0, 0.05) is 0 Å². The van der Waals surface area contributed by atoms with E-state index in [-0.39, 0.29) is 17.5 Å². The van der Waals surface area contributed by atoms with Crippen LogP contribution in [0, 0.1) is 0 Å². The van der Waals surface area contributed by atoms with Crippen LogP contribution in [0.3, 0.4) is 0 Å². The molecular weight excluding hydrogens is 577 g/mol. The van der Waals surface area contributed by atoms with E-state index < -0.39 is 24.2 Å². The number of esters is 1. The maximum Gasteiger partial charge on any atom is 0.425 e. The van der Waals surface area contributed by atoms with Crippen LogP contribution >= 0.6 is 0 Å². The third-order valence-corrected chi connectivity index (χ3v) is 8.21. The van der Waals surface area contributed by atoms with E-state index in [1.54, 1.807) is 36.4 Å². The molecule has 0 saturated heterocycles. The lowest BCUT2D eigenvalue weighted by Gasteiger charge is -2.21. The van der Waals surface area contributed by atoms with Crippen molar-refractivity contribution in [1.82, 2.24) is 0 Å². The Morgan fingerprint density at radius 3 is 1.73 bits per heavy atom. The van der Waals surface area contributed by atoms with Crippen molar-refractivity contribution in [1.29, 1.82) is 0 Å². The van der Waals surface area contributed by atoms with Crippen molar-refractivity contribution in [3.8, 4) is 22.3 Å². The van der Waals surface area contributed by atoms with Gasteiger partial charge in [0.15, 0.2) is 6.10 Å². The van der Waals surface area contributed by atoms with Crippen molar-refractivity contribution in [2.45, 2.75) is 116 Å². The van der Waals surface area contributed by atoms with Gasteiger partial charge in [-0.1, -0.05) is 121 Å². The number of carboxylic acids is 1. The normalized spacial score (nSPS) is 12.2. The minimum absolute atomic E-state index is 0.0593. The largest absolute Gasteiger partial charge is 0.478 e. The molecule has 3 aromatic carbocycles. The summed E-state index contributed by atoms with van der Waals surface area (Å²) in [4.78, 5) is 24.1. The van der Waals surface area contributed by atoms with E-state index in [1.165, 1.54) is 56.2 Å². The average Bonchev–Trinajstić information content (AvgIpc) is 3.03. The number of unbranched alkanes of at least 4 members (excludes halogenated alkanes) is 10. The minimum atomic E-state index is -4.62. The number of ether oxygens (including phenoxy) is 1. The van der Waals surface area contributed by atoms with Gasteiger partial charge in [-0.05, 0) is 77.8 Å². The number of aromatic carboxylic acids is 1. The van der Waals surface area contributed by atoms with Crippen molar-refractivity contribution in [3.63, 3.8) is 0 Å². The molecule has 0 aliphatic rings. The third-order valence-electron chi connectivity index (χ3n) is 8.21. The molecule has 0 saturated carbocycles. The monoisotopic (exact) mass is 624 g/mol. The molecule has 0 aromatic heterocycles. The van der Waals surface area contributed by atoms with Crippen LogP contribution in [0.2, 0.25) is 0 Å². The van der Waals surface area contributed by atoms with E-state index in [0.29, 0.717) is 12.8 Å². The Labute approximate surface area is 266 Å². The molecule has 0 bridgehead atoms. The molecule has 0 spiro atoms. The number of benzene rings is 3. The van der Waals surface area contributed by atoms with Crippen LogP contribution < -0.4 is 0 Å². The highest BCUT2D eigenvalue weighted by Crippen LogP contribution is 2.34. The molecule has 4 nitrogen and oxygen atoms in total. The lowest BCUT2D eigenvalue weighted by Crippen LogP contribution is -2.33. The van der Waals surface area contributed by atoms with Gasteiger partial charge in [-0.2, -0.15) is 13.2 Å². The summed E-state index contributed by atoms with van der Waals surface area (Å²) < 4.78 is 45.7. The Hall–Kier alpha value is -3.61. The van der Waals surface area contributed by atoms with Crippen molar-refractivity contribution >= 4 is 11.9 Å². The maximum absolute atomic E-state index is 13.6. The van der Waals surface area contributed by atoms with Crippen LogP contribution in [0.15, 0.2) is 66.7 Å². The fourth-order valence-corrected chi connectivity index (χ4v) is 5.52. The first-order valence-electron chi connectivity index (χ1n) is 16.5. The van der Waals surface area contributed by atoms with Crippen LogP contribution in [0.5, 0.6) is 0 Å². The molecule has 1 N–H and O–H groups in total. The molecule has 0 radical (unpaired) electrons. The number of hydrogen-bond acceptors (Lipinski definition) is 3. The Morgan fingerprint density at radius 1 is 0.667 bits per heavy atom. The van der Waals surface area contributed by atoms with Gasteiger partial charge in [-0.25, -0.2) is 9.59 Å². The second-order valence-electron chi connectivity index (χ2n) is 11.8. The highest BCUT2D eigenvalue weighted by atomic mass is 19.4. The van der Waals surface area contributed by atoms with E-state index in [0.717, 1.165) is 54.4 Å². The molecule has 0 heterocycles. The summed E-state index contributed by atoms with van der Waals surface area (Å²) in [6.45, 7) is 4.20. The van der Waals surface area contributed by atoms with Crippen LogP contribution in [0.25, 0.3) is 22.3 Å².